The van der Waals surface area contributed by atoms with Crippen molar-refractivity contribution in [1.29, 1.82) is 0 Å². The Morgan fingerprint density at radius 1 is 1.17 bits per heavy atom. The number of aromatic nitrogens is 3. The number of nitrogens with one attached hydrogen (secondary N) is 1. The van der Waals surface area contributed by atoms with Gasteiger partial charge in [0.2, 0.25) is 5.95 Å². The highest BCUT2D eigenvalue weighted by molar-refractivity contribution is 5.34. The minimum absolute atomic E-state index is 0.215. The highest BCUT2D eigenvalue weighted by atomic mass is 15.2. The molecule has 2 aromatic heterocycles. The topological polar surface area (TPSA) is 42.7 Å². The maximum Gasteiger partial charge on any atom is 0.203 e. The lowest BCUT2D eigenvalue weighted by Gasteiger charge is -2.17. The average Bonchev–Trinajstić information content (AvgIpc) is 2.71. The van der Waals surface area contributed by atoms with Gasteiger partial charge in [-0.3, -0.25) is 4.98 Å². The summed E-state index contributed by atoms with van der Waals surface area (Å²) in [5.74, 6) is 0.923. The van der Waals surface area contributed by atoms with Gasteiger partial charge in [0.15, 0.2) is 0 Å². The summed E-state index contributed by atoms with van der Waals surface area (Å²) in [7, 11) is 0. The number of anilines is 1. The number of rotatable bonds is 4. The van der Waals surface area contributed by atoms with Crippen LogP contribution in [0.3, 0.4) is 0 Å². The number of aryl methyl sites for hydroxylation is 1. The quantitative estimate of drug-likeness (QED) is 0.897. The summed E-state index contributed by atoms with van der Waals surface area (Å²) in [6.45, 7) is 8.46. The number of pyridine rings is 1. The smallest absolute Gasteiger partial charge is 0.203 e. The Hall–Kier alpha value is -1.84. The van der Waals surface area contributed by atoms with Gasteiger partial charge in [-0.25, -0.2) is 4.98 Å². The maximum atomic E-state index is 4.53. The van der Waals surface area contributed by atoms with Crippen molar-refractivity contribution in [3.63, 3.8) is 0 Å². The monoisotopic (exact) mass is 244 g/mol. The minimum Gasteiger partial charge on any atom is -0.349 e. The molecular weight excluding hydrogens is 224 g/mol. The molecule has 0 spiro atoms. The van der Waals surface area contributed by atoms with E-state index in [0.29, 0.717) is 6.04 Å². The van der Waals surface area contributed by atoms with E-state index in [1.54, 1.807) is 0 Å². The molecule has 18 heavy (non-hydrogen) atoms. The molecule has 1 unspecified atom stereocenters. The van der Waals surface area contributed by atoms with Crippen molar-refractivity contribution in [2.24, 2.45) is 0 Å². The van der Waals surface area contributed by atoms with Crippen molar-refractivity contribution in [3.8, 4) is 0 Å². The zero-order valence-corrected chi connectivity index (χ0v) is 11.4. The minimum atomic E-state index is 0.215. The van der Waals surface area contributed by atoms with Gasteiger partial charge in [0.05, 0.1) is 11.7 Å². The Bertz CT molecular complexity index is 502. The molecule has 2 aromatic rings. The third-order valence-corrected chi connectivity index (χ3v) is 2.96. The Kier molecular flexibility index (Phi) is 3.65. The molecule has 0 amide bonds. The number of nitrogens with zero attached hydrogens (tertiary/aromatic N) is 3. The predicted octanol–water partition coefficient (Wildman–Crippen LogP) is 3.34. The lowest BCUT2D eigenvalue weighted by atomic mass is 10.1. The van der Waals surface area contributed by atoms with Crippen LogP contribution in [-0.2, 0) is 0 Å². The van der Waals surface area contributed by atoms with Crippen LogP contribution in [0.15, 0.2) is 30.7 Å². The molecule has 0 aliphatic rings. The van der Waals surface area contributed by atoms with Crippen LogP contribution in [0.4, 0.5) is 5.95 Å². The van der Waals surface area contributed by atoms with E-state index in [1.807, 2.05) is 31.5 Å². The summed E-state index contributed by atoms with van der Waals surface area (Å²) in [6, 6.07) is 4.66. The first-order chi connectivity index (χ1) is 8.58. The molecular formula is C14H20N4. The SMILES string of the molecule is Cc1cn(C(C)C)c(NC(C)c2ccncc2)n1. The van der Waals surface area contributed by atoms with Crippen LogP contribution in [0, 0.1) is 6.92 Å². The Balaban J connectivity index is 2.19. The number of hydrogen-bond donors (Lipinski definition) is 1. The van der Waals surface area contributed by atoms with Crippen LogP contribution in [0.1, 0.15) is 44.1 Å². The van der Waals surface area contributed by atoms with Crippen molar-refractivity contribution in [2.75, 3.05) is 5.32 Å². The van der Waals surface area contributed by atoms with Gasteiger partial charge >= 0.3 is 0 Å². The van der Waals surface area contributed by atoms with Gasteiger partial charge in [-0.05, 0) is 45.4 Å². The molecule has 0 saturated carbocycles. The lowest BCUT2D eigenvalue weighted by molar-refractivity contribution is 0.600. The fraction of sp³-hybridized carbons (Fsp3) is 0.429. The molecule has 1 atom stereocenters. The summed E-state index contributed by atoms with van der Waals surface area (Å²) in [4.78, 5) is 8.57. The van der Waals surface area contributed by atoms with Crippen LogP contribution < -0.4 is 5.32 Å². The van der Waals surface area contributed by atoms with Crippen molar-refractivity contribution in [3.05, 3.63) is 42.0 Å². The molecule has 0 saturated heterocycles. The molecule has 4 heteroatoms. The number of imidazole rings is 1. The first-order valence-electron chi connectivity index (χ1n) is 6.30. The highest BCUT2D eigenvalue weighted by Crippen LogP contribution is 2.21. The molecule has 0 aromatic carbocycles. The Morgan fingerprint density at radius 3 is 2.44 bits per heavy atom. The second-order valence-electron chi connectivity index (χ2n) is 4.85. The third kappa shape index (κ3) is 2.70. The molecule has 96 valence electrons. The van der Waals surface area contributed by atoms with E-state index < -0.39 is 0 Å². The standard InChI is InChI=1S/C14H20N4/c1-10(2)18-9-11(3)16-14(18)17-12(4)13-5-7-15-8-6-13/h5-10,12H,1-4H3,(H,16,17). The molecule has 0 fully saturated rings. The van der Waals surface area contributed by atoms with Crippen molar-refractivity contribution in [1.82, 2.24) is 14.5 Å². The fourth-order valence-electron chi connectivity index (χ4n) is 1.95. The average molecular weight is 244 g/mol. The first-order valence-corrected chi connectivity index (χ1v) is 6.30. The van der Waals surface area contributed by atoms with Gasteiger partial charge in [-0.1, -0.05) is 0 Å². The van der Waals surface area contributed by atoms with Crippen molar-refractivity contribution < 1.29 is 0 Å². The van der Waals surface area contributed by atoms with E-state index in [4.69, 9.17) is 0 Å². The van der Waals surface area contributed by atoms with Crippen LogP contribution in [0.25, 0.3) is 0 Å². The molecule has 2 rings (SSSR count). The van der Waals surface area contributed by atoms with Gasteiger partial charge in [-0.15, -0.1) is 0 Å². The second-order valence-corrected chi connectivity index (χ2v) is 4.85. The molecule has 1 N–H and O–H groups in total. The second kappa shape index (κ2) is 5.21. The van der Waals surface area contributed by atoms with E-state index >= 15 is 0 Å². The number of hydrogen-bond acceptors (Lipinski definition) is 3. The fourth-order valence-corrected chi connectivity index (χ4v) is 1.95. The lowest BCUT2D eigenvalue weighted by Crippen LogP contribution is -2.12. The van der Waals surface area contributed by atoms with Gasteiger partial charge in [0, 0.05) is 24.6 Å². The van der Waals surface area contributed by atoms with Crippen molar-refractivity contribution in [2.45, 2.75) is 39.8 Å². The zero-order chi connectivity index (χ0) is 13.1. The van der Waals surface area contributed by atoms with Crippen LogP contribution in [0.5, 0.6) is 0 Å². The van der Waals surface area contributed by atoms with Crippen LogP contribution in [-0.4, -0.2) is 14.5 Å². The van der Waals surface area contributed by atoms with Gasteiger partial charge in [0.25, 0.3) is 0 Å². The van der Waals surface area contributed by atoms with Crippen LogP contribution >= 0.6 is 0 Å². The van der Waals surface area contributed by atoms with E-state index in [9.17, 15) is 0 Å². The maximum absolute atomic E-state index is 4.53. The van der Waals surface area contributed by atoms with Crippen molar-refractivity contribution >= 4 is 5.95 Å². The molecule has 0 bridgehead atoms. The first kappa shape index (κ1) is 12.6. The summed E-state index contributed by atoms with van der Waals surface area (Å²) in [6.07, 6.45) is 5.70. The van der Waals surface area contributed by atoms with Crippen LogP contribution in [0.2, 0.25) is 0 Å². The molecule has 4 nitrogen and oxygen atoms in total. The highest BCUT2D eigenvalue weighted by Gasteiger charge is 2.12. The molecule has 2 heterocycles. The summed E-state index contributed by atoms with van der Waals surface area (Å²) in [5, 5.41) is 3.45. The third-order valence-electron chi connectivity index (χ3n) is 2.96. The normalized spacial score (nSPS) is 12.7. The molecule has 0 radical (unpaired) electrons. The Morgan fingerprint density at radius 2 is 1.83 bits per heavy atom. The largest absolute Gasteiger partial charge is 0.349 e. The van der Waals surface area contributed by atoms with Gasteiger partial charge in [0.1, 0.15) is 0 Å². The summed E-state index contributed by atoms with van der Waals surface area (Å²) in [5.41, 5.74) is 2.24. The zero-order valence-electron chi connectivity index (χ0n) is 11.4. The summed E-state index contributed by atoms with van der Waals surface area (Å²) >= 11 is 0. The molecule has 0 aliphatic carbocycles. The van der Waals surface area contributed by atoms with E-state index in [2.05, 4.69) is 46.8 Å². The van der Waals surface area contributed by atoms with E-state index in [-0.39, 0.29) is 6.04 Å². The summed E-state index contributed by atoms with van der Waals surface area (Å²) < 4.78 is 2.16. The van der Waals surface area contributed by atoms with E-state index in [1.165, 1.54) is 5.56 Å². The van der Waals surface area contributed by atoms with Gasteiger partial charge in [-0.2, -0.15) is 0 Å². The molecule has 0 aliphatic heterocycles. The Labute approximate surface area is 108 Å². The van der Waals surface area contributed by atoms with E-state index in [0.717, 1.165) is 11.6 Å². The predicted molar refractivity (Wildman–Crippen MR) is 73.6 cm³/mol. The van der Waals surface area contributed by atoms with Gasteiger partial charge < -0.3 is 9.88 Å².